The Morgan fingerprint density at radius 1 is 1.33 bits per heavy atom. The Morgan fingerprint density at radius 2 is 2.00 bits per heavy atom. The smallest absolute Gasteiger partial charge is 0.334 e. The molecule has 1 aliphatic rings. The van der Waals surface area contributed by atoms with Gasteiger partial charge in [-0.2, -0.15) is 0 Å². The zero-order valence-electron chi connectivity index (χ0n) is 10.3. The molecular weight excluding hydrogens is 204 g/mol. The Bertz CT molecular complexity index is 265. The van der Waals surface area contributed by atoms with Crippen LogP contribution in [0.2, 0.25) is 12.6 Å². The van der Waals surface area contributed by atoms with Gasteiger partial charge in [-0.05, 0) is 38.8 Å². The first kappa shape index (κ1) is 12.7. The summed E-state index contributed by atoms with van der Waals surface area (Å²) in [4.78, 5) is 0. The van der Waals surface area contributed by atoms with Crippen molar-refractivity contribution in [1.82, 2.24) is 0 Å². The lowest BCUT2D eigenvalue weighted by Gasteiger charge is -2.22. The summed E-state index contributed by atoms with van der Waals surface area (Å²) in [6.45, 7) is 4.29. The molecule has 0 heterocycles. The predicted octanol–water partition coefficient (Wildman–Crippen LogP) is 3.41. The molecule has 0 saturated carbocycles. The van der Waals surface area contributed by atoms with Crippen LogP contribution in [0.25, 0.3) is 0 Å². The molecule has 3 heteroatoms. The predicted molar refractivity (Wildman–Crippen MR) is 66.1 cm³/mol. The third-order valence-corrected chi connectivity index (χ3v) is 6.10. The van der Waals surface area contributed by atoms with Crippen LogP contribution in [0.15, 0.2) is 23.3 Å². The lowest BCUT2D eigenvalue weighted by Crippen LogP contribution is -2.35. The van der Waals surface area contributed by atoms with Crippen LogP contribution in [0, 0.1) is 0 Å². The number of hydrogen-bond acceptors (Lipinski definition) is 2. The first-order valence-corrected chi connectivity index (χ1v) is 8.08. The van der Waals surface area contributed by atoms with Crippen molar-refractivity contribution >= 4 is 8.56 Å². The second-order valence-corrected chi connectivity index (χ2v) is 7.93. The van der Waals surface area contributed by atoms with Crippen LogP contribution in [0.3, 0.4) is 0 Å². The highest BCUT2D eigenvalue weighted by Crippen LogP contribution is 2.24. The van der Waals surface area contributed by atoms with Gasteiger partial charge in [-0.25, -0.2) is 0 Å². The molecule has 0 saturated heterocycles. The minimum atomic E-state index is -1.83. The van der Waals surface area contributed by atoms with Crippen molar-refractivity contribution in [1.29, 1.82) is 0 Å². The summed E-state index contributed by atoms with van der Waals surface area (Å²) in [5.74, 6) is 0. The van der Waals surface area contributed by atoms with Crippen LogP contribution in [-0.2, 0) is 8.85 Å². The average molecular weight is 226 g/mol. The third-order valence-electron chi connectivity index (χ3n) is 3.11. The van der Waals surface area contributed by atoms with Gasteiger partial charge in [-0.1, -0.05) is 23.3 Å². The van der Waals surface area contributed by atoms with Crippen LogP contribution in [-0.4, -0.2) is 22.8 Å². The largest absolute Gasteiger partial charge is 0.398 e. The van der Waals surface area contributed by atoms with E-state index in [9.17, 15) is 0 Å². The zero-order valence-corrected chi connectivity index (χ0v) is 11.3. The molecule has 0 unspecified atom stereocenters. The molecule has 0 aromatic rings. The molecule has 0 spiro atoms. The standard InChI is InChI=1S/C12H22O2Si/c1-11-7-8-12(10-11)6-5-9-15(4,13-2)14-3/h7,10H,5-6,8-9H2,1-4H3. The maximum atomic E-state index is 5.46. The summed E-state index contributed by atoms with van der Waals surface area (Å²) in [7, 11) is 1.69. The highest BCUT2D eigenvalue weighted by molar-refractivity contribution is 6.65. The highest BCUT2D eigenvalue weighted by Gasteiger charge is 2.27. The molecular formula is C12H22O2Si. The number of allylic oxidation sites excluding steroid dienone is 4. The average Bonchev–Trinajstić information content (AvgIpc) is 2.64. The monoisotopic (exact) mass is 226 g/mol. The van der Waals surface area contributed by atoms with Crippen molar-refractivity contribution in [3.05, 3.63) is 23.3 Å². The first-order valence-electron chi connectivity index (χ1n) is 5.56. The molecule has 0 aromatic heterocycles. The van der Waals surface area contributed by atoms with E-state index < -0.39 is 8.56 Å². The molecule has 0 fully saturated rings. The van der Waals surface area contributed by atoms with E-state index in [1.165, 1.54) is 18.4 Å². The van der Waals surface area contributed by atoms with Crippen LogP contribution < -0.4 is 0 Å². The summed E-state index contributed by atoms with van der Waals surface area (Å²) < 4.78 is 10.9. The fourth-order valence-corrected chi connectivity index (χ4v) is 3.22. The topological polar surface area (TPSA) is 18.5 Å². The minimum Gasteiger partial charge on any atom is -0.398 e. The summed E-state index contributed by atoms with van der Waals surface area (Å²) in [5.41, 5.74) is 2.96. The van der Waals surface area contributed by atoms with Gasteiger partial charge in [0.25, 0.3) is 0 Å². The van der Waals surface area contributed by atoms with Gasteiger partial charge in [-0.15, -0.1) is 0 Å². The fraction of sp³-hybridized carbons (Fsp3) is 0.667. The Hall–Kier alpha value is -0.383. The van der Waals surface area contributed by atoms with Crippen molar-refractivity contribution in [3.63, 3.8) is 0 Å². The fourth-order valence-electron chi connectivity index (χ4n) is 1.83. The quantitative estimate of drug-likeness (QED) is 0.646. The summed E-state index contributed by atoms with van der Waals surface area (Å²) in [6, 6.07) is 1.08. The second kappa shape index (κ2) is 5.63. The van der Waals surface area contributed by atoms with Gasteiger partial charge < -0.3 is 8.85 Å². The first-order chi connectivity index (χ1) is 7.09. The van der Waals surface area contributed by atoms with E-state index in [0.717, 1.165) is 12.5 Å². The SMILES string of the molecule is CO[Si](C)(CCCC1=CC(C)=CC1)OC. The van der Waals surface area contributed by atoms with Gasteiger partial charge in [0.2, 0.25) is 0 Å². The molecule has 0 radical (unpaired) electrons. The summed E-state index contributed by atoms with van der Waals surface area (Å²) in [5, 5.41) is 0. The van der Waals surface area contributed by atoms with Crippen LogP contribution in [0.5, 0.6) is 0 Å². The van der Waals surface area contributed by atoms with Crippen molar-refractivity contribution in [2.45, 2.75) is 38.8 Å². The van der Waals surface area contributed by atoms with Gasteiger partial charge in [0.05, 0.1) is 0 Å². The Kier molecular flexibility index (Phi) is 4.76. The molecule has 0 amide bonds. The molecule has 15 heavy (non-hydrogen) atoms. The molecule has 1 rings (SSSR count). The summed E-state index contributed by atoms with van der Waals surface area (Å²) >= 11 is 0. The van der Waals surface area contributed by atoms with E-state index in [2.05, 4.69) is 25.6 Å². The maximum Gasteiger partial charge on any atom is 0.334 e. The molecule has 0 aliphatic heterocycles. The molecule has 0 atom stereocenters. The minimum absolute atomic E-state index is 1.08. The Balaban J connectivity index is 2.25. The molecule has 1 aliphatic carbocycles. The number of hydrogen-bond donors (Lipinski definition) is 0. The van der Waals surface area contributed by atoms with Gasteiger partial charge >= 0.3 is 8.56 Å². The van der Waals surface area contributed by atoms with Crippen molar-refractivity contribution in [3.8, 4) is 0 Å². The molecule has 0 bridgehead atoms. The normalized spacial score (nSPS) is 16.5. The van der Waals surface area contributed by atoms with Crippen molar-refractivity contribution < 1.29 is 8.85 Å². The van der Waals surface area contributed by atoms with E-state index in [4.69, 9.17) is 8.85 Å². The lowest BCUT2D eigenvalue weighted by molar-refractivity contribution is 0.248. The Morgan fingerprint density at radius 3 is 2.47 bits per heavy atom. The van der Waals surface area contributed by atoms with Crippen LogP contribution >= 0.6 is 0 Å². The van der Waals surface area contributed by atoms with E-state index >= 15 is 0 Å². The highest BCUT2D eigenvalue weighted by atomic mass is 28.4. The molecule has 2 nitrogen and oxygen atoms in total. The second-order valence-electron chi connectivity index (χ2n) is 4.35. The zero-order chi connectivity index (χ0) is 11.3. The third kappa shape index (κ3) is 3.93. The lowest BCUT2D eigenvalue weighted by atomic mass is 10.1. The van der Waals surface area contributed by atoms with Gasteiger partial charge in [0.1, 0.15) is 0 Å². The van der Waals surface area contributed by atoms with Crippen LogP contribution in [0.4, 0.5) is 0 Å². The summed E-state index contributed by atoms with van der Waals surface area (Å²) in [6.07, 6.45) is 8.10. The van der Waals surface area contributed by atoms with E-state index in [1.54, 1.807) is 19.8 Å². The number of rotatable bonds is 6. The van der Waals surface area contributed by atoms with E-state index in [-0.39, 0.29) is 0 Å². The van der Waals surface area contributed by atoms with Gasteiger partial charge in [0.15, 0.2) is 0 Å². The molecule has 0 N–H and O–H groups in total. The maximum absolute atomic E-state index is 5.46. The van der Waals surface area contributed by atoms with Gasteiger partial charge in [0, 0.05) is 14.2 Å². The van der Waals surface area contributed by atoms with Crippen LogP contribution in [0.1, 0.15) is 26.2 Å². The van der Waals surface area contributed by atoms with Crippen molar-refractivity contribution in [2.75, 3.05) is 14.2 Å². The van der Waals surface area contributed by atoms with E-state index in [1.807, 2.05) is 0 Å². The van der Waals surface area contributed by atoms with Gasteiger partial charge in [-0.3, -0.25) is 0 Å². The Labute approximate surface area is 94.2 Å². The molecule has 86 valence electrons. The van der Waals surface area contributed by atoms with E-state index in [0.29, 0.717) is 0 Å². The molecule has 0 aromatic carbocycles. The van der Waals surface area contributed by atoms with Crippen molar-refractivity contribution in [2.24, 2.45) is 0 Å².